The Hall–Kier alpha value is -1.84. The van der Waals surface area contributed by atoms with Crippen LogP contribution in [0.5, 0.6) is 0 Å². The summed E-state index contributed by atoms with van der Waals surface area (Å²) in [6.45, 7) is 2.35. The molecule has 0 aliphatic heterocycles. The normalized spacial score (nSPS) is 9.70. The molecule has 0 aliphatic rings. The number of carbonyl (C=O) groups is 2. The molecule has 0 unspecified atom stereocenters. The predicted molar refractivity (Wildman–Crippen MR) is 78.4 cm³/mol. The molecule has 20 heavy (non-hydrogen) atoms. The second kappa shape index (κ2) is 8.35. The molecule has 108 valence electrons. The average Bonchev–Trinajstić information content (AvgIpc) is 2.76. The van der Waals surface area contributed by atoms with E-state index in [1.807, 2.05) is 6.92 Å². The van der Waals surface area contributed by atoms with Gasteiger partial charge in [-0.1, -0.05) is 11.8 Å². The summed E-state index contributed by atoms with van der Waals surface area (Å²) in [6, 6.07) is 1.79. The molecular weight excluding hydrogens is 276 g/mol. The highest BCUT2D eigenvalue weighted by atomic mass is 32.1. The van der Waals surface area contributed by atoms with E-state index in [2.05, 4.69) is 17.2 Å². The van der Waals surface area contributed by atoms with Crippen molar-refractivity contribution in [1.82, 2.24) is 5.32 Å². The van der Waals surface area contributed by atoms with Crippen LogP contribution in [0, 0.1) is 18.8 Å². The maximum absolute atomic E-state index is 11.9. The highest BCUT2D eigenvalue weighted by Crippen LogP contribution is 2.20. The molecule has 1 aromatic rings. The van der Waals surface area contributed by atoms with Gasteiger partial charge >= 0.3 is 0 Å². The van der Waals surface area contributed by atoms with Gasteiger partial charge in [0.25, 0.3) is 5.91 Å². The number of nitrogens with one attached hydrogen (secondary N) is 1. The van der Waals surface area contributed by atoms with Crippen LogP contribution in [0.3, 0.4) is 0 Å². The van der Waals surface area contributed by atoms with Gasteiger partial charge in [0.1, 0.15) is 0 Å². The molecular formula is C14H18N2O3S. The van der Waals surface area contributed by atoms with Gasteiger partial charge in [-0.15, -0.1) is 11.3 Å². The number of thiophene rings is 1. The molecule has 1 rings (SSSR count). The number of amides is 2. The minimum absolute atomic E-state index is 0.0324. The van der Waals surface area contributed by atoms with Crippen LogP contribution in [0.1, 0.15) is 39.4 Å². The van der Waals surface area contributed by atoms with E-state index in [1.54, 1.807) is 6.07 Å². The molecule has 0 aliphatic carbocycles. The van der Waals surface area contributed by atoms with Gasteiger partial charge in [-0.05, 0) is 25.0 Å². The number of hydrogen-bond acceptors (Lipinski definition) is 4. The van der Waals surface area contributed by atoms with Crippen molar-refractivity contribution in [2.45, 2.75) is 26.2 Å². The average molecular weight is 294 g/mol. The van der Waals surface area contributed by atoms with E-state index in [0.29, 0.717) is 24.3 Å². The summed E-state index contributed by atoms with van der Waals surface area (Å²) in [5.41, 5.74) is 5.97. The van der Waals surface area contributed by atoms with Gasteiger partial charge in [-0.2, -0.15) is 0 Å². The van der Waals surface area contributed by atoms with Crippen LogP contribution in [0.2, 0.25) is 0 Å². The maximum atomic E-state index is 11.9. The Balaban J connectivity index is 2.55. The topological polar surface area (TPSA) is 92.4 Å². The first kappa shape index (κ1) is 16.2. The molecule has 0 bridgehead atoms. The molecule has 0 saturated carbocycles. The summed E-state index contributed by atoms with van der Waals surface area (Å²) in [5.74, 6) is 5.24. The van der Waals surface area contributed by atoms with Crippen LogP contribution in [0.25, 0.3) is 0 Å². The minimum Gasteiger partial charge on any atom is -0.395 e. The second-order valence-corrected chi connectivity index (χ2v) is 5.28. The van der Waals surface area contributed by atoms with E-state index in [0.717, 1.165) is 10.4 Å². The smallest absolute Gasteiger partial charge is 0.261 e. The van der Waals surface area contributed by atoms with E-state index in [1.165, 1.54) is 11.3 Å². The second-order valence-electron chi connectivity index (χ2n) is 4.22. The summed E-state index contributed by atoms with van der Waals surface area (Å²) in [6.07, 6.45) is 1.22. The van der Waals surface area contributed by atoms with E-state index in [-0.39, 0.29) is 24.8 Å². The summed E-state index contributed by atoms with van der Waals surface area (Å²) in [4.78, 5) is 23.9. The van der Waals surface area contributed by atoms with E-state index >= 15 is 0 Å². The number of aryl methyl sites for hydroxylation is 1. The zero-order valence-electron chi connectivity index (χ0n) is 11.4. The fraction of sp³-hybridized carbons (Fsp3) is 0.429. The van der Waals surface area contributed by atoms with Crippen LogP contribution < -0.4 is 11.1 Å². The molecule has 4 N–H and O–H groups in total. The number of rotatable bonds is 6. The van der Waals surface area contributed by atoms with Crippen LogP contribution >= 0.6 is 11.3 Å². The fourth-order valence-corrected chi connectivity index (χ4v) is 2.43. The largest absolute Gasteiger partial charge is 0.395 e. The first-order valence-corrected chi connectivity index (χ1v) is 7.13. The number of aliphatic hydroxyl groups excluding tert-OH is 1. The van der Waals surface area contributed by atoms with Crippen molar-refractivity contribution in [3.63, 3.8) is 0 Å². The molecule has 0 aromatic carbocycles. The van der Waals surface area contributed by atoms with Crippen LogP contribution in [-0.4, -0.2) is 30.1 Å². The molecule has 0 atom stereocenters. The molecule has 0 spiro atoms. The maximum Gasteiger partial charge on any atom is 0.261 e. The summed E-state index contributed by atoms with van der Waals surface area (Å²) in [7, 11) is 0. The van der Waals surface area contributed by atoms with Gasteiger partial charge in [-0.3, -0.25) is 9.59 Å². The van der Waals surface area contributed by atoms with E-state index in [4.69, 9.17) is 10.8 Å². The van der Waals surface area contributed by atoms with Crippen molar-refractivity contribution in [3.8, 4) is 11.8 Å². The number of aliphatic hydroxyl groups is 1. The number of primary amides is 1. The number of carbonyl (C=O) groups excluding carboxylic acids is 2. The predicted octanol–water partition coefficient (Wildman–Crippen LogP) is 0.786. The Morgan fingerprint density at radius 2 is 2.25 bits per heavy atom. The number of hydrogen-bond donors (Lipinski definition) is 3. The molecule has 0 fully saturated rings. The van der Waals surface area contributed by atoms with Crippen molar-refractivity contribution in [1.29, 1.82) is 0 Å². The fourth-order valence-electron chi connectivity index (χ4n) is 1.47. The summed E-state index contributed by atoms with van der Waals surface area (Å²) in [5, 5.41) is 11.4. The highest BCUT2D eigenvalue weighted by Gasteiger charge is 2.11. The Kier molecular flexibility index (Phi) is 6.77. The van der Waals surface area contributed by atoms with E-state index < -0.39 is 0 Å². The van der Waals surface area contributed by atoms with Crippen molar-refractivity contribution in [2.75, 3.05) is 13.2 Å². The first-order chi connectivity index (χ1) is 9.54. The van der Waals surface area contributed by atoms with Crippen molar-refractivity contribution < 1.29 is 14.7 Å². The van der Waals surface area contributed by atoms with Crippen LogP contribution in [-0.2, 0) is 4.79 Å². The van der Waals surface area contributed by atoms with Gasteiger partial charge < -0.3 is 16.2 Å². The number of nitrogens with two attached hydrogens (primary N) is 1. The summed E-state index contributed by atoms with van der Waals surface area (Å²) < 4.78 is 0. The lowest BCUT2D eigenvalue weighted by molar-refractivity contribution is -0.118. The molecule has 5 nitrogen and oxygen atoms in total. The third-order valence-corrected chi connectivity index (χ3v) is 3.62. The Morgan fingerprint density at radius 3 is 2.90 bits per heavy atom. The lowest BCUT2D eigenvalue weighted by Crippen LogP contribution is -2.24. The lowest BCUT2D eigenvalue weighted by atomic mass is 10.2. The van der Waals surface area contributed by atoms with Gasteiger partial charge in [0.05, 0.1) is 16.4 Å². The van der Waals surface area contributed by atoms with Gasteiger partial charge in [0.15, 0.2) is 0 Å². The van der Waals surface area contributed by atoms with Crippen molar-refractivity contribution in [3.05, 3.63) is 21.4 Å². The molecule has 0 radical (unpaired) electrons. The monoisotopic (exact) mass is 294 g/mol. The first-order valence-electron chi connectivity index (χ1n) is 6.31. The Bertz CT molecular complexity index is 540. The zero-order valence-corrected chi connectivity index (χ0v) is 12.2. The Morgan fingerprint density at radius 1 is 1.50 bits per heavy atom. The summed E-state index contributed by atoms with van der Waals surface area (Å²) >= 11 is 1.32. The molecule has 0 saturated heterocycles. The van der Waals surface area contributed by atoms with Gasteiger partial charge in [-0.25, -0.2) is 0 Å². The third kappa shape index (κ3) is 5.43. The molecule has 6 heteroatoms. The van der Waals surface area contributed by atoms with Gasteiger partial charge in [0, 0.05) is 19.4 Å². The zero-order chi connectivity index (χ0) is 15.0. The Labute approximate surface area is 122 Å². The lowest BCUT2D eigenvalue weighted by Gasteiger charge is -2.01. The SMILES string of the molecule is Cc1cc(C(=O)NCCCC(N)=O)sc1C#CCCO. The quantitative estimate of drug-likeness (QED) is 0.535. The molecule has 1 heterocycles. The van der Waals surface area contributed by atoms with Crippen LogP contribution in [0.4, 0.5) is 0 Å². The van der Waals surface area contributed by atoms with Gasteiger partial charge in [0.2, 0.25) is 5.91 Å². The molecule has 1 aromatic heterocycles. The van der Waals surface area contributed by atoms with Crippen molar-refractivity contribution >= 4 is 23.2 Å². The third-order valence-electron chi connectivity index (χ3n) is 2.47. The minimum atomic E-state index is -0.368. The van der Waals surface area contributed by atoms with E-state index in [9.17, 15) is 9.59 Å². The van der Waals surface area contributed by atoms with Crippen LogP contribution in [0.15, 0.2) is 6.07 Å². The van der Waals surface area contributed by atoms with Crippen molar-refractivity contribution in [2.24, 2.45) is 5.73 Å². The molecule has 2 amide bonds. The standard InChI is InChI=1S/C14H18N2O3S/c1-10-9-12(20-11(10)5-2-3-8-17)14(19)16-7-4-6-13(15)18/h9,17H,3-4,6-8H2,1H3,(H2,15,18)(H,16,19). The highest BCUT2D eigenvalue weighted by molar-refractivity contribution is 7.14.